The van der Waals surface area contributed by atoms with E-state index in [-0.39, 0.29) is 0 Å². The van der Waals surface area contributed by atoms with Crippen LogP contribution in [0.2, 0.25) is 0 Å². The SMILES string of the molecule is CC1C(=O)[C@H]2CCC=C[C@H]12. The third-order valence-corrected chi connectivity index (χ3v) is 2.86. The van der Waals surface area contributed by atoms with Crippen molar-refractivity contribution in [2.24, 2.45) is 17.8 Å². The fraction of sp³-hybridized carbons (Fsp3) is 0.667. The van der Waals surface area contributed by atoms with Gasteiger partial charge < -0.3 is 0 Å². The van der Waals surface area contributed by atoms with Crippen molar-refractivity contribution >= 4 is 5.78 Å². The molecule has 0 aromatic rings. The number of hydrogen-bond acceptors (Lipinski definition) is 1. The highest BCUT2D eigenvalue weighted by molar-refractivity contribution is 5.90. The molecule has 2 aliphatic rings. The highest BCUT2D eigenvalue weighted by Crippen LogP contribution is 2.42. The Morgan fingerprint density at radius 2 is 2.40 bits per heavy atom. The molecule has 0 spiro atoms. The predicted octanol–water partition coefficient (Wildman–Crippen LogP) is 1.79. The van der Waals surface area contributed by atoms with Crippen molar-refractivity contribution in [2.75, 3.05) is 0 Å². The van der Waals surface area contributed by atoms with E-state index < -0.39 is 0 Å². The molecule has 0 saturated heterocycles. The van der Waals surface area contributed by atoms with Crippen LogP contribution in [0.4, 0.5) is 0 Å². The molecule has 0 amide bonds. The summed E-state index contributed by atoms with van der Waals surface area (Å²) in [5.74, 6) is 1.82. The first-order valence-corrected chi connectivity index (χ1v) is 4.01. The number of rotatable bonds is 0. The molecule has 0 bridgehead atoms. The molecule has 1 fully saturated rings. The Labute approximate surface area is 61.1 Å². The monoisotopic (exact) mass is 136 g/mol. The zero-order valence-corrected chi connectivity index (χ0v) is 6.21. The summed E-state index contributed by atoms with van der Waals surface area (Å²) in [6, 6.07) is 0. The normalized spacial score (nSPS) is 44.5. The largest absolute Gasteiger partial charge is 0.299 e. The van der Waals surface area contributed by atoms with E-state index in [1.54, 1.807) is 0 Å². The molecule has 1 nitrogen and oxygen atoms in total. The van der Waals surface area contributed by atoms with E-state index in [2.05, 4.69) is 12.2 Å². The molecule has 0 aliphatic heterocycles. The van der Waals surface area contributed by atoms with Gasteiger partial charge in [-0.25, -0.2) is 0 Å². The molecule has 0 heterocycles. The van der Waals surface area contributed by atoms with Gasteiger partial charge in [-0.15, -0.1) is 0 Å². The van der Waals surface area contributed by atoms with Gasteiger partial charge in [0.2, 0.25) is 0 Å². The van der Waals surface area contributed by atoms with Crippen LogP contribution in [0.5, 0.6) is 0 Å². The lowest BCUT2D eigenvalue weighted by molar-refractivity contribution is -0.139. The highest BCUT2D eigenvalue weighted by atomic mass is 16.1. The highest BCUT2D eigenvalue weighted by Gasteiger charge is 2.45. The molecule has 0 N–H and O–H groups in total. The molecule has 1 unspecified atom stereocenters. The van der Waals surface area contributed by atoms with Gasteiger partial charge in [0.1, 0.15) is 5.78 Å². The van der Waals surface area contributed by atoms with Crippen LogP contribution in [0.25, 0.3) is 0 Å². The molecular weight excluding hydrogens is 124 g/mol. The molecule has 2 aliphatic carbocycles. The van der Waals surface area contributed by atoms with Crippen molar-refractivity contribution in [3.8, 4) is 0 Å². The summed E-state index contributed by atoms with van der Waals surface area (Å²) in [6.45, 7) is 2.04. The van der Waals surface area contributed by atoms with Gasteiger partial charge >= 0.3 is 0 Å². The summed E-state index contributed by atoms with van der Waals surface area (Å²) in [4.78, 5) is 11.2. The summed E-state index contributed by atoms with van der Waals surface area (Å²) in [7, 11) is 0. The van der Waals surface area contributed by atoms with Crippen LogP contribution in [-0.4, -0.2) is 5.78 Å². The fourth-order valence-corrected chi connectivity index (χ4v) is 2.11. The van der Waals surface area contributed by atoms with Crippen molar-refractivity contribution in [3.63, 3.8) is 0 Å². The van der Waals surface area contributed by atoms with Crippen LogP contribution in [0.15, 0.2) is 12.2 Å². The maximum Gasteiger partial charge on any atom is 0.139 e. The summed E-state index contributed by atoms with van der Waals surface area (Å²) < 4.78 is 0. The minimum atomic E-state index is 0.321. The first kappa shape index (κ1) is 6.14. The second-order valence-corrected chi connectivity index (χ2v) is 3.38. The summed E-state index contributed by atoms with van der Waals surface area (Å²) in [5, 5.41) is 0. The van der Waals surface area contributed by atoms with Gasteiger partial charge in [-0.3, -0.25) is 4.79 Å². The minimum Gasteiger partial charge on any atom is -0.299 e. The lowest BCUT2D eigenvalue weighted by Crippen LogP contribution is -2.45. The molecular formula is C9H12O. The average Bonchev–Trinajstić information content (AvgIpc) is 2.03. The Balaban J connectivity index is 2.18. The lowest BCUT2D eigenvalue weighted by Gasteiger charge is -2.41. The molecule has 2 rings (SSSR count). The first-order valence-electron chi connectivity index (χ1n) is 4.01. The molecule has 1 heteroatoms. The number of allylic oxidation sites excluding steroid dienone is 2. The Bertz CT molecular complexity index is 193. The summed E-state index contributed by atoms with van der Waals surface area (Å²) in [6.07, 6.45) is 6.65. The molecule has 54 valence electrons. The van der Waals surface area contributed by atoms with E-state index in [0.717, 1.165) is 12.8 Å². The van der Waals surface area contributed by atoms with Gasteiger partial charge in [0.05, 0.1) is 0 Å². The molecule has 0 aromatic carbocycles. The van der Waals surface area contributed by atoms with Gasteiger partial charge in [0.15, 0.2) is 0 Å². The van der Waals surface area contributed by atoms with Crippen molar-refractivity contribution in [2.45, 2.75) is 19.8 Å². The van der Waals surface area contributed by atoms with Crippen LogP contribution in [0.3, 0.4) is 0 Å². The van der Waals surface area contributed by atoms with Crippen molar-refractivity contribution in [1.29, 1.82) is 0 Å². The van der Waals surface area contributed by atoms with E-state index in [1.165, 1.54) is 0 Å². The number of carbonyl (C=O) groups excluding carboxylic acids is 1. The van der Waals surface area contributed by atoms with Gasteiger partial charge in [-0.1, -0.05) is 19.1 Å². The number of hydrogen-bond donors (Lipinski definition) is 0. The molecule has 10 heavy (non-hydrogen) atoms. The third-order valence-electron chi connectivity index (χ3n) is 2.86. The Kier molecular flexibility index (Phi) is 1.19. The van der Waals surface area contributed by atoms with Crippen molar-refractivity contribution in [3.05, 3.63) is 12.2 Å². The van der Waals surface area contributed by atoms with Gasteiger partial charge in [-0.2, -0.15) is 0 Å². The van der Waals surface area contributed by atoms with Crippen molar-refractivity contribution in [1.82, 2.24) is 0 Å². The third kappa shape index (κ3) is 0.606. The average molecular weight is 136 g/mol. The summed E-state index contributed by atoms with van der Waals surface area (Å²) in [5.41, 5.74) is 0. The Morgan fingerprint density at radius 3 is 3.10 bits per heavy atom. The van der Waals surface area contributed by atoms with E-state index in [1.807, 2.05) is 6.92 Å². The van der Waals surface area contributed by atoms with Gasteiger partial charge in [-0.05, 0) is 18.8 Å². The second-order valence-electron chi connectivity index (χ2n) is 3.38. The lowest BCUT2D eigenvalue weighted by atomic mass is 9.61. The molecule has 0 aromatic heterocycles. The zero-order valence-electron chi connectivity index (χ0n) is 6.21. The topological polar surface area (TPSA) is 17.1 Å². The fourth-order valence-electron chi connectivity index (χ4n) is 2.11. The van der Waals surface area contributed by atoms with E-state index in [0.29, 0.717) is 23.5 Å². The van der Waals surface area contributed by atoms with Crippen LogP contribution >= 0.6 is 0 Å². The van der Waals surface area contributed by atoms with E-state index in [4.69, 9.17) is 0 Å². The number of Topliss-reactive ketones (excluding diaryl/α,β-unsaturated/α-hetero) is 1. The van der Waals surface area contributed by atoms with Gasteiger partial charge in [0, 0.05) is 11.8 Å². The quantitative estimate of drug-likeness (QED) is 0.464. The molecule has 1 saturated carbocycles. The Hall–Kier alpha value is -0.590. The summed E-state index contributed by atoms with van der Waals surface area (Å²) >= 11 is 0. The predicted molar refractivity (Wildman–Crippen MR) is 39.5 cm³/mol. The van der Waals surface area contributed by atoms with E-state index >= 15 is 0 Å². The standard InChI is InChI=1S/C9H12O/c1-6-7-4-2-3-5-8(7)9(6)10/h2,4,6-8H,3,5H2,1H3/t6?,7-,8+/m1/s1. The first-order chi connectivity index (χ1) is 4.80. The second kappa shape index (κ2) is 1.94. The molecule has 0 radical (unpaired) electrons. The Morgan fingerprint density at radius 1 is 1.60 bits per heavy atom. The zero-order chi connectivity index (χ0) is 7.14. The number of fused-ring (bicyclic) bond motifs is 1. The maximum atomic E-state index is 11.2. The van der Waals surface area contributed by atoms with Crippen molar-refractivity contribution < 1.29 is 4.79 Å². The van der Waals surface area contributed by atoms with Gasteiger partial charge in [0.25, 0.3) is 0 Å². The van der Waals surface area contributed by atoms with Crippen LogP contribution in [-0.2, 0) is 4.79 Å². The number of ketones is 1. The maximum absolute atomic E-state index is 11.2. The van der Waals surface area contributed by atoms with Crippen LogP contribution < -0.4 is 0 Å². The molecule has 3 atom stereocenters. The van der Waals surface area contributed by atoms with E-state index in [9.17, 15) is 4.79 Å². The van der Waals surface area contributed by atoms with Crippen LogP contribution in [0, 0.1) is 17.8 Å². The number of carbonyl (C=O) groups is 1. The minimum absolute atomic E-state index is 0.321. The van der Waals surface area contributed by atoms with Crippen LogP contribution in [0.1, 0.15) is 19.8 Å². The smallest absolute Gasteiger partial charge is 0.139 e.